The molecular weight excluding hydrogens is 895 g/mol. The molecule has 20 heteroatoms. The van der Waals surface area contributed by atoms with Gasteiger partial charge in [-0.1, -0.05) is 12.1 Å². The van der Waals surface area contributed by atoms with Crippen LogP contribution in [0.15, 0.2) is 66.7 Å². The Hall–Kier alpha value is -6.51. The maximum Gasteiger partial charge on any atom is 0.297 e. The van der Waals surface area contributed by atoms with Crippen LogP contribution in [0.5, 0.6) is 11.5 Å². The second-order valence-corrected chi connectivity index (χ2v) is 18.3. The Morgan fingerprint density at radius 2 is 1.32 bits per heavy atom. The number of piperidine rings is 2. The summed E-state index contributed by atoms with van der Waals surface area (Å²) in [6, 6.07) is 17.7. The number of carbonyl (C=O) groups is 6. The molecule has 4 aromatic rings. The number of nitrogens with one attached hydrogen (secondary N) is 3. The number of rotatable bonds is 9. The van der Waals surface area contributed by atoms with Gasteiger partial charge in [-0.15, -0.1) is 0 Å². The molecule has 1 aromatic heterocycles. The Morgan fingerprint density at radius 1 is 0.706 bits per heavy atom. The molecule has 11 rings (SSSR count). The minimum Gasteiger partial charge on any atom is -0.483 e. The van der Waals surface area contributed by atoms with E-state index in [0.717, 1.165) is 35.2 Å². The van der Waals surface area contributed by atoms with Crippen LogP contribution in [0.1, 0.15) is 81.1 Å². The molecule has 68 heavy (non-hydrogen) atoms. The van der Waals surface area contributed by atoms with Gasteiger partial charge in [0, 0.05) is 80.3 Å². The van der Waals surface area contributed by atoms with Crippen LogP contribution in [0.25, 0.3) is 10.9 Å². The lowest BCUT2D eigenvalue weighted by Gasteiger charge is -2.29. The largest absolute Gasteiger partial charge is 0.483 e. The van der Waals surface area contributed by atoms with E-state index in [1.54, 1.807) is 23.1 Å². The Morgan fingerprint density at radius 3 is 1.88 bits per heavy atom. The van der Waals surface area contributed by atoms with Gasteiger partial charge in [0.05, 0.1) is 25.2 Å². The van der Waals surface area contributed by atoms with Crippen molar-refractivity contribution >= 4 is 46.3 Å². The predicted octanol–water partition coefficient (Wildman–Crippen LogP) is 3.83. The van der Waals surface area contributed by atoms with Crippen LogP contribution >= 0.6 is 0 Å². The molecule has 7 aliphatic heterocycles. The Balaban J connectivity index is 0.000000178. The smallest absolute Gasteiger partial charge is 0.297 e. The summed E-state index contributed by atoms with van der Waals surface area (Å²) >= 11 is 0. The highest BCUT2D eigenvalue weighted by Gasteiger charge is 2.50. The summed E-state index contributed by atoms with van der Waals surface area (Å²) in [7, 11) is 0. The number of alkyl halides is 4. The predicted molar refractivity (Wildman–Crippen MR) is 232 cm³/mol. The lowest BCUT2D eigenvalue weighted by molar-refractivity contribution is -0.138. The third-order valence-electron chi connectivity index (χ3n) is 13.6. The van der Waals surface area contributed by atoms with Crippen LogP contribution < -0.4 is 25.4 Å². The molecule has 16 nitrogen and oxygen atoms in total. The van der Waals surface area contributed by atoms with Crippen molar-refractivity contribution in [1.82, 2.24) is 35.6 Å². The summed E-state index contributed by atoms with van der Waals surface area (Å²) < 4.78 is 74.2. The van der Waals surface area contributed by atoms with Gasteiger partial charge in [0.15, 0.2) is 12.2 Å². The molecule has 0 saturated carbocycles. The van der Waals surface area contributed by atoms with Gasteiger partial charge in [0.1, 0.15) is 23.6 Å². The van der Waals surface area contributed by atoms with E-state index in [2.05, 4.69) is 16.0 Å². The molecule has 6 amide bonds. The van der Waals surface area contributed by atoms with Crippen molar-refractivity contribution in [1.29, 1.82) is 0 Å². The number of fused-ring (bicyclic) bond motifs is 3. The molecule has 5 saturated heterocycles. The first-order chi connectivity index (χ1) is 32.6. The molecule has 356 valence electrons. The molecule has 7 aliphatic rings. The number of nitrogens with zero attached hydrogens (tertiary/aromatic N) is 4. The normalized spacial score (nSPS) is 26.4. The lowest BCUT2D eigenvalue weighted by Crippen LogP contribution is -2.52. The van der Waals surface area contributed by atoms with Gasteiger partial charge in [-0.2, -0.15) is 0 Å². The second kappa shape index (κ2) is 17.9. The molecule has 5 atom stereocenters. The zero-order valence-corrected chi connectivity index (χ0v) is 36.6. The summed E-state index contributed by atoms with van der Waals surface area (Å²) in [5.74, 6) is -7.52. The number of carbonyl (C=O) groups excluding carboxylic acids is 6. The fraction of sp³-hybridized carbons (Fsp3) is 0.438. The first-order valence-electron chi connectivity index (χ1n) is 22.6. The fourth-order valence-electron chi connectivity index (χ4n) is 9.96. The van der Waals surface area contributed by atoms with Gasteiger partial charge >= 0.3 is 0 Å². The Labute approximate surface area is 386 Å². The van der Waals surface area contributed by atoms with Crippen molar-refractivity contribution < 1.29 is 60.5 Å². The second-order valence-electron chi connectivity index (χ2n) is 18.3. The molecule has 5 fully saturated rings. The number of hydrogen-bond acceptors (Lipinski definition) is 12. The molecule has 8 heterocycles. The van der Waals surface area contributed by atoms with Crippen molar-refractivity contribution in [2.45, 2.75) is 93.8 Å². The number of aromatic nitrogens is 1. The number of hydrogen-bond donors (Lipinski definition) is 3. The third-order valence-corrected chi connectivity index (χ3v) is 13.6. The maximum atomic E-state index is 15.1. The highest BCUT2D eigenvalue weighted by atomic mass is 19.3. The molecule has 0 spiro atoms. The molecule has 3 aromatic carbocycles. The quantitative estimate of drug-likeness (QED) is 0.163. The zero-order valence-electron chi connectivity index (χ0n) is 36.6. The van der Waals surface area contributed by atoms with Crippen LogP contribution in [0.3, 0.4) is 0 Å². The SMILES string of the molecule is O=C1CCC(N2Cc3cc(O[C@@H]4CN(Cc5ccc6nc([C@@H]7CCOC7)ccc6c5)CC4(F)F)ccc3C2=O)C(=O)N1.O=C1CCC(N2Cc3cc(O[C@@H]4CNCC4(F)F)ccc3C2=O)C(=O)N1. The minimum absolute atomic E-state index is 0.0440. The molecular formula is C48H47F4N7O9. The van der Waals surface area contributed by atoms with Gasteiger partial charge in [0.25, 0.3) is 23.7 Å². The summed E-state index contributed by atoms with van der Waals surface area (Å²) in [4.78, 5) is 81.9. The number of ether oxygens (including phenoxy) is 3. The summed E-state index contributed by atoms with van der Waals surface area (Å²) in [6.07, 6.45) is -0.787. The molecule has 0 radical (unpaired) electrons. The summed E-state index contributed by atoms with van der Waals surface area (Å²) in [5.41, 5.74) is 4.86. The van der Waals surface area contributed by atoms with Crippen LogP contribution in [0.2, 0.25) is 0 Å². The molecule has 2 unspecified atom stereocenters. The van der Waals surface area contributed by atoms with Crippen molar-refractivity contribution in [3.63, 3.8) is 0 Å². The van der Waals surface area contributed by atoms with E-state index in [0.29, 0.717) is 41.3 Å². The van der Waals surface area contributed by atoms with E-state index in [1.165, 1.54) is 28.0 Å². The summed E-state index contributed by atoms with van der Waals surface area (Å²) in [5, 5.41) is 8.07. The highest BCUT2D eigenvalue weighted by molar-refractivity contribution is 6.06. The average Bonchev–Trinajstić information content (AvgIpc) is 4.13. The molecule has 3 N–H and O–H groups in total. The number of likely N-dealkylation sites (tertiary alicyclic amines) is 1. The van der Waals surface area contributed by atoms with Crippen molar-refractivity contribution in [2.24, 2.45) is 0 Å². The van der Waals surface area contributed by atoms with Crippen molar-refractivity contribution in [3.05, 3.63) is 100 Å². The maximum absolute atomic E-state index is 15.1. The highest BCUT2D eigenvalue weighted by Crippen LogP contribution is 2.37. The van der Waals surface area contributed by atoms with Crippen LogP contribution in [-0.2, 0) is 43.5 Å². The van der Waals surface area contributed by atoms with Gasteiger partial charge in [-0.3, -0.25) is 49.3 Å². The molecule has 0 bridgehead atoms. The van der Waals surface area contributed by atoms with Crippen LogP contribution in [-0.4, -0.2) is 131 Å². The monoisotopic (exact) mass is 941 g/mol. The van der Waals surface area contributed by atoms with Crippen LogP contribution in [0.4, 0.5) is 17.6 Å². The number of halogens is 4. The van der Waals surface area contributed by atoms with E-state index in [4.69, 9.17) is 19.2 Å². The Bertz CT molecular complexity index is 2730. The molecule has 0 aliphatic carbocycles. The van der Waals surface area contributed by atoms with E-state index >= 15 is 8.78 Å². The van der Waals surface area contributed by atoms with E-state index in [1.807, 2.05) is 30.3 Å². The number of pyridine rings is 1. The number of imide groups is 2. The number of amides is 6. The van der Waals surface area contributed by atoms with Gasteiger partial charge in [-0.25, -0.2) is 17.6 Å². The topological polar surface area (TPSA) is 189 Å². The minimum atomic E-state index is -3.07. The van der Waals surface area contributed by atoms with Gasteiger partial charge < -0.3 is 29.3 Å². The fourth-order valence-corrected chi connectivity index (χ4v) is 9.96. The standard InChI is InChI=1S/C31H30F2N4O5.C17H17F2N3O4/c32-31(33)17-36(13-18-1-5-24-19(11-18)2-6-25(34-24)20-9-10-41-16-20)15-27(31)42-22-3-4-23-21(12-22)14-37(30(23)40)26-7-8-28(38)35-29(26)39;18-17(19)8-20-6-13(17)26-10-1-2-11-9(5-10)7-22(16(11)25)12-3-4-14(23)21-15(12)24/h1-6,11-12,20,26-27H,7-10,13-17H2,(H,35,38,39);1-2,5,12-13,20H,3-4,6-8H2,(H,21,23,24)/t20-,26?,27-;12?,13-/m11/s1. The average molecular weight is 942 g/mol. The van der Waals surface area contributed by atoms with Gasteiger partial charge in [0.2, 0.25) is 23.6 Å². The first-order valence-corrected chi connectivity index (χ1v) is 22.6. The van der Waals surface area contributed by atoms with E-state index in [-0.39, 0.29) is 87.0 Å². The first kappa shape index (κ1) is 45.3. The third kappa shape index (κ3) is 8.99. The summed E-state index contributed by atoms with van der Waals surface area (Å²) in [6.45, 7) is 1.36. The Kier molecular flexibility index (Phi) is 11.9. The van der Waals surface area contributed by atoms with E-state index < -0.39 is 61.0 Å². The van der Waals surface area contributed by atoms with E-state index in [9.17, 15) is 37.5 Å². The van der Waals surface area contributed by atoms with Crippen molar-refractivity contribution in [2.75, 3.05) is 39.4 Å². The number of benzene rings is 3. The van der Waals surface area contributed by atoms with Crippen molar-refractivity contribution in [3.8, 4) is 11.5 Å². The zero-order chi connectivity index (χ0) is 47.5. The van der Waals surface area contributed by atoms with Crippen LogP contribution in [0, 0.1) is 0 Å². The lowest BCUT2D eigenvalue weighted by atomic mass is 10.0. The van der Waals surface area contributed by atoms with Gasteiger partial charge in [-0.05, 0) is 90.6 Å².